The molecule has 2 heterocycles. The summed E-state index contributed by atoms with van der Waals surface area (Å²) in [4.78, 5) is 14.4. The van der Waals surface area contributed by atoms with Gasteiger partial charge in [0, 0.05) is 19.6 Å². The fourth-order valence-corrected chi connectivity index (χ4v) is 3.19. The van der Waals surface area contributed by atoms with E-state index in [9.17, 15) is 4.79 Å². The molecule has 24 heavy (non-hydrogen) atoms. The van der Waals surface area contributed by atoms with Gasteiger partial charge in [0.25, 0.3) is 0 Å². The Kier molecular flexibility index (Phi) is 6.66. The molecule has 1 saturated heterocycles. The first-order chi connectivity index (χ1) is 11.3. The van der Waals surface area contributed by atoms with E-state index in [0.29, 0.717) is 26.4 Å². The quantitative estimate of drug-likeness (QED) is 0.549. The van der Waals surface area contributed by atoms with Crippen LogP contribution in [0.4, 0.5) is 4.79 Å². The highest BCUT2D eigenvalue weighted by Gasteiger charge is 2.40. The van der Waals surface area contributed by atoms with Crippen LogP contribution in [-0.2, 0) is 18.9 Å². The number of carbonyl (C=O) groups excluding carboxylic acids is 1. The van der Waals surface area contributed by atoms with Crippen molar-refractivity contribution in [1.82, 2.24) is 4.90 Å². The minimum atomic E-state index is -0.495. The molecule has 1 fully saturated rings. The zero-order valence-corrected chi connectivity index (χ0v) is 15.5. The lowest BCUT2D eigenvalue weighted by atomic mass is 9.92. The summed E-state index contributed by atoms with van der Waals surface area (Å²) < 4.78 is 22.5. The Morgan fingerprint density at radius 1 is 1.29 bits per heavy atom. The van der Waals surface area contributed by atoms with E-state index in [1.165, 1.54) is 5.57 Å². The molecule has 0 aromatic rings. The highest BCUT2D eigenvalue weighted by Crippen LogP contribution is 2.31. The molecule has 0 saturated carbocycles. The SMILES string of the molecule is CCOC(CC1=CC2COCC(C1)N2C(=O)OC(C)(C)C)OCC. The van der Waals surface area contributed by atoms with Crippen LogP contribution in [-0.4, -0.2) is 61.4 Å². The fourth-order valence-electron chi connectivity index (χ4n) is 3.19. The highest BCUT2D eigenvalue weighted by molar-refractivity contribution is 5.70. The van der Waals surface area contributed by atoms with Crippen molar-refractivity contribution in [3.05, 3.63) is 11.6 Å². The zero-order chi connectivity index (χ0) is 17.7. The largest absolute Gasteiger partial charge is 0.444 e. The minimum Gasteiger partial charge on any atom is -0.444 e. The van der Waals surface area contributed by atoms with Crippen LogP contribution in [0.2, 0.25) is 0 Å². The Hall–Kier alpha value is -1.11. The van der Waals surface area contributed by atoms with Gasteiger partial charge >= 0.3 is 6.09 Å². The highest BCUT2D eigenvalue weighted by atomic mass is 16.7. The lowest BCUT2D eigenvalue weighted by Crippen LogP contribution is -2.57. The number of amides is 1. The predicted octanol–water partition coefficient (Wildman–Crippen LogP) is 3.11. The molecule has 2 unspecified atom stereocenters. The summed E-state index contributed by atoms with van der Waals surface area (Å²) >= 11 is 0. The molecule has 0 radical (unpaired) electrons. The molecule has 2 bridgehead atoms. The minimum absolute atomic E-state index is 0.0162. The fraction of sp³-hybridized carbons (Fsp3) is 0.833. The van der Waals surface area contributed by atoms with Crippen molar-refractivity contribution in [3.63, 3.8) is 0 Å². The Bertz CT molecular complexity index is 451. The van der Waals surface area contributed by atoms with Crippen LogP contribution in [0, 0.1) is 0 Å². The summed E-state index contributed by atoms with van der Waals surface area (Å²) in [7, 11) is 0. The lowest BCUT2D eigenvalue weighted by molar-refractivity contribution is -0.135. The molecule has 0 spiro atoms. The number of hydrogen-bond donors (Lipinski definition) is 0. The zero-order valence-electron chi connectivity index (χ0n) is 15.5. The third kappa shape index (κ3) is 5.19. The smallest absolute Gasteiger partial charge is 0.411 e. The normalized spacial score (nSPS) is 24.1. The number of ether oxygens (including phenoxy) is 4. The molecule has 0 aliphatic carbocycles. The van der Waals surface area contributed by atoms with Crippen LogP contribution in [0.25, 0.3) is 0 Å². The van der Waals surface area contributed by atoms with Crippen molar-refractivity contribution in [3.8, 4) is 0 Å². The van der Waals surface area contributed by atoms with E-state index in [-0.39, 0.29) is 24.5 Å². The molecule has 2 rings (SSSR count). The van der Waals surface area contributed by atoms with Gasteiger partial charge in [-0.15, -0.1) is 0 Å². The van der Waals surface area contributed by atoms with Crippen LogP contribution < -0.4 is 0 Å². The third-order valence-corrected chi connectivity index (χ3v) is 4.01. The summed E-state index contributed by atoms with van der Waals surface area (Å²) in [6.07, 6.45) is 3.14. The van der Waals surface area contributed by atoms with Gasteiger partial charge < -0.3 is 18.9 Å². The van der Waals surface area contributed by atoms with Gasteiger partial charge in [-0.25, -0.2) is 4.79 Å². The van der Waals surface area contributed by atoms with E-state index in [4.69, 9.17) is 18.9 Å². The number of nitrogens with zero attached hydrogens (tertiary/aromatic N) is 1. The number of hydrogen-bond acceptors (Lipinski definition) is 5. The summed E-state index contributed by atoms with van der Waals surface area (Å²) in [5.74, 6) is 0. The van der Waals surface area contributed by atoms with Crippen molar-refractivity contribution in [2.75, 3.05) is 26.4 Å². The van der Waals surface area contributed by atoms with E-state index in [1.54, 1.807) is 0 Å². The van der Waals surface area contributed by atoms with E-state index < -0.39 is 5.60 Å². The van der Waals surface area contributed by atoms with Gasteiger partial charge in [-0.3, -0.25) is 4.90 Å². The molecular weight excluding hydrogens is 310 g/mol. The molecule has 0 aromatic carbocycles. The van der Waals surface area contributed by atoms with E-state index in [2.05, 4.69) is 6.08 Å². The number of morpholine rings is 1. The number of fused-ring (bicyclic) bond motifs is 2. The van der Waals surface area contributed by atoms with Gasteiger partial charge in [0.2, 0.25) is 0 Å². The average Bonchev–Trinajstić information content (AvgIpc) is 2.45. The van der Waals surface area contributed by atoms with Gasteiger partial charge in [-0.1, -0.05) is 11.6 Å². The monoisotopic (exact) mass is 341 g/mol. The summed E-state index contributed by atoms with van der Waals surface area (Å²) in [6, 6.07) is -0.0613. The van der Waals surface area contributed by atoms with Crippen molar-refractivity contribution >= 4 is 6.09 Å². The molecule has 2 aliphatic heterocycles. The van der Waals surface area contributed by atoms with E-state index >= 15 is 0 Å². The first kappa shape index (κ1) is 19.2. The van der Waals surface area contributed by atoms with E-state index in [0.717, 1.165) is 12.8 Å². The first-order valence-electron chi connectivity index (χ1n) is 8.85. The van der Waals surface area contributed by atoms with E-state index in [1.807, 2.05) is 39.5 Å². The molecular formula is C18H31NO5. The second-order valence-corrected chi connectivity index (χ2v) is 7.22. The van der Waals surface area contributed by atoms with Crippen LogP contribution in [0.1, 0.15) is 47.5 Å². The second kappa shape index (κ2) is 8.32. The maximum atomic E-state index is 12.5. The summed E-state index contributed by atoms with van der Waals surface area (Å²) in [5, 5.41) is 0. The van der Waals surface area contributed by atoms with Gasteiger partial charge in [0.15, 0.2) is 6.29 Å². The van der Waals surface area contributed by atoms with Gasteiger partial charge in [0.05, 0.1) is 25.3 Å². The average molecular weight is 341 g/mol. The maximum Gasteiger partial charge on any atom is 0.411 e. The molecule has 2 atom stereocenters. The second-order valence-electron chi connectivity index (χ2n) is 7.22. The van der Waals surface area contributed by atoms with Crippen molar-refractivity contribution in [1.29, 1.82) is 0 Å². The van der Waals surface area contributed by atoms with Crippen molar-refractivity contribution in [2.24, 2.45) is 0 Å². The van der Waals surface area contributed by atoms with Crippen LogP contribution >= 0.6 is 0 Å². The topological polar surface area (TPSA) is 57.2 Å². The molecule has 138 valence electrons. The molecule has 6 nitrogen and oxygen atoms in total. The third-order valence-electron chi connectivity index (χ3n) is 4.01. The molecule has 1 amide bonds. The Morgan fingerprint density at radius 2 is 1.96 bits per heavy atom. The van der Waals surface area contributed by atoms with Gasteiger partial charge in [-0.2, -0.15) is 0 Å². The summed E-state index contributed by atoms with van der Waals surface area (Å²) in [5.41, 5.74) is 0.769. The molecule has 2 aliphatic rings. The lowest BCUT2D eigenvalue weighted by Gasteiger charge is -2.45. The number of carbonyl (C=O) groups is 1. The van der Waals surface area contributed by atoms with Gasteiger partial charge in [-0.05, 0) is 41.0 Å². The summed E-state index contributed by atoms with van der Waals surface area (Å²) in [6.45, 7) is 11.9. The number of rotatable bonds is 6. The van der Waals surface area contributed by atoms with Gasteiger partial charge in [0.1, 0.15) is 5.60 Å². The van der Waals surface area contributed by atoms with Crippen molar-refractivity contribution < 1.29 is 23.7 Å². The Balaban J connectivity index is 2.07. The van der Waals surface area contributed by atoms with Crippen molar-refractivity contribution in [2.45, 2.75) is 71.4 Å². The molecule has 0 aromatic heterocycles. The Labute approximate surface area is 145 Å². The van der Waals surface area contributed by atoms with Crippen LogP contribution in [0.5, 0.6) is 0 Å². The van der Waals surface area contributed by atoms with Crippen LogP contribution in [0.15, 0.2) is 11.6 Å². The molecule has 6 heteroatoms. The Morgan fingerprint density at radius 3 is 2.50 bits per heavy atom. The standard InChI is InChI=1S/C18H31NO5/c1-6-22-16(23-7-2)10-13-8-14-11-21-12-15(9-13)19(14)17(20)24-18(3,4)5/h8,14-16H,6-7,9-12H2,1-5H3. The predicted molar refractivity (Wildman–Crippen MR) is 90.8 cm³/mol. The maximum absolute atomic E-state index is 12.5. The first-order valence-corrected chi connectivity index (χ1v) is 8.85. The van der Waals surface area contributed by atoms with Crippen LogP contribution in [0.3, 0.4) is 0 Å². The molecule has 0 N–H and O–H groups in total.